The van der Waals surface area contributed by atoms with Crippen molar-refractivity contribution in [1.29, 1.82) is 0 Å². The summed E-state index contributed by atoms with van der Waals surface area (Å²) in [5.74, 6) is -0.882. The minimum atomic E-state index is -0.707. The highest BCUT2D eigenvalue weighted by atomic mass is 16.6. The molecule has 96 valence electrons. The quantitative estimate of drug-likeness (QED) is 0.579. The van der Waals surface area contributed by atoms with Gasteiger partial charge < -0.3 is 5.73 Å². The first-order valence-corrected chi connectivity index (χ1v) is 4.93. The van der Waals surface area contributed by atoms with Crippen molar-refractivity contribution in [3.05, 3.63) is 40.3 Å². The van der Waals surface area contributed by atoms with Crippen molar-refractivity contribution < 1.29 is 9.72 Å². The highest BCUT2D eigenvalue weighted by Crippen LogP contribution is 2.17. The first-order valence-electron chi connectivity index (χ1n) is 4.93. The molecule has 2 heterocycles. The minimum Gasteiger partial charge on any atom is -0.383 e. The van der Waals surface area contributed by atoms with E-state index in [4.69, 9.17) is 5.73 Å². The van der Waals surface area contributed by atoms with Gasteiger partial charge in [-0.2, -0.15) is 5.10 Å². The number of nitrogens with two attached hydrogens (primary N) is 1. The molecule has 0 fully saturated rings. The Kier molecular flexibility index (Phi) is 3.23. The van der Waals surface area contributed by atoms with Gasteiger partial charge in [-0.25, -0.2) is 9.97 Å². The van der Waals surface area contributed by atoms with Gasteiger partial charge in [0.05, 0.1) is 22.9 Å². The van der Waals surface area contributed by atoms with Crippen LogP contribution < -0.4 is 11.1 Å². The first kappa shape index (κ1) is 12.3. The zero-order chi connectivity index (χ0) is 13.8. The number of hydrogen-bond donors (Lipinski definition) is 2. The third-order valence-corrected chi connectivity index (χ3v) is 2.07. The third kappa shape index (κ3) is 2.74. The molecule has 0 aliphatic carbocycles. The van der Waals surface area contributed by atoms with E-state index < -0.39 is 10.8 Å². The largest absolute Gasteiger partial charge is 0.383 e. The number of nitrogens with one attached hydrogen (secondary N) is 1. The second-order valence-electron chi connectivity index (χ2n) is 3.30. The van der Waals surface area contributed by atoms with Crippen LogP contribution in [0.2, 0.25) is 0 Å². The average molecular weight is 261 g/mol. The summed E-state index contributed by atoms with van der Waals surface area (Å²) in [7, 11) is 0. The number of carbonyl (C=O) groups is 1. The summed E-state index contributed by atoms with van der Waals surface area (Å²) in [5.41, 5.74) is 5.01. The lowest BCUT2D eigenvalue weighted by atomic mass is 10.2. The summed E-state index contributed by atoms with van der Waals surface area (Å²) < 4.78 is 0. The van der Waals surface area contributed by atoms with Crippen molar-refractivity contribution in [2.24, 2.45) is 0 Å². The Morgan fingerprint density at radius 3 is 2.79 bits per heavy atom. The van der Waals surface area contributed by atoms with Crippen LogP contribution in [0, 0.1) is 10.1 Å². The lowest BCUT2D eigenvalue weighted by Crippen LogP contribution is -2.17. The van der Waals surface area contributed by atoms with Gasteiger partial charge in [0.15, 0.2) is 0 Å². The molecule has 0 saturated heterocycles. The zero-order valence-electron chi connectivity index (χ0n) is 9.35. The van der Waals surface area contributed by atoms with Crippen LogP contribution in [0.3, 0.4) is 0 Å². The van der Waals surface area contributed by atoms with Crippen LogP contribution in [0.5, 0.6) is 0 Å². The molecule has 1 amide bonds. The fourth-order valence-corrected chi connectivity index (χ4v) is 1.22. The molecule has 10 nitrogen and oxygen atoms in total. The number of hydrogen-bond acceptors (Lipinski definition) is 8. The van der Waals surface area contributed by atoms with Crippen LogP contribution in [0.4, 0.5) is 17.5 Å². The molecule has 0 radical (unpaired) electrons. The maximum absolute atomic E-state index is 11.8. The molecule has 0 atom stereocenters. The Labute approximate surface area is 105 Å². The number of amides is 1. The molecule has 19 heavy (non-hydrogen) atoms. The second kappa shape index (κ2) is 5.00. The van der Waals surface area contributed by atoms with Gasteiger partial charge in [0.1, 0.15) is 12.0 Å². The zero-order valence-corrected chi connectivity index (χ0v) is 9.35. The van der Waals surface area contributed by atoms with Crippen LogP contribution in [0.15, 0.2) is 24.7 Å². The van der Waals surface area contributed by atoms with E-state index in [1.165, 1.54) is 12.4 Å². The van der Waals surface area contributed by atoms with Gasteiger partial charge in [-0.05, 0) is 0 Å². The van der Waals surface area contributed by atoms with Crippen molar-refractivity contribution in [3.63, 3.8) is 0 Å². The van der Waals surface area contributed by atoms with Gasteiger partial charge in [0.2, 0.25) is 5.95 Å². The Bertz CT molecular complexity index is 631. The van der Waals surface area contributed by atoms with Crippen LogP contribution in [-0.4, -0.2) is 31.0 Å². The number of nitro groups is 1. The first-order chi connectivity index (χ1) is 9.08. The highest BCUT2D eigenvalue weighted by molar-refractivity contribution is 6.06. The van der Waals surface area contributed by atoms with E-state index in [0.717, 1.165) is 12.3 Å². The number of anilines is 2. The molecule has 0 aromatic carbocycles. The highest BCUT2D eigenvalue weighted by Gasteiger charge is 2.17. The third-order valence-electron chi connectivity index (χ3n) is 2.07. The molecule has 0 saturated carbocycles. The van der Waals surface area contributed by atoms with E-state index in [1.54, 1.807) is 0 Å². The molecular formula is C9H7N7O3. The molecule has 2 rings (SSSR count). The molecule has 0 spiro atoms. The molecule has 0 aliphatic rings. The number of pyridine rings is 1. The van der Waals surface area contributed by atoms with Crippen molar-refractivity contribution in [3.8, 4) is 0 Å². The molecule has 0 aliphatic heterocycles. The van der Waals surface area contributed by atoms with E-state index in [9.17, 15) is 14.9 Å². The number of aromatic nitrogens is 4. The molecular weight excluding hydrogens is 254 g/mol. The van der Waals surface area contributed by atoms with E-state index in [1.807, 2.05) is 0 Å². The van der Waals surface area contributed by atoms with Gasteiger partial charge in [0.25, 0.3) is 11.6 Å². The standard InChI is InChI=1S/C9H7N7O3/c10-7-6(3-5(4-12-7)16(18)19)8(17)14-9-11-1-2-13-15-9/h1-4H,(H2,10,12)(H,11,14,15,17). The topological polar surface area (TPSA) is 150 Å². The van der Waals surface area contributed by atoms with E-state index in [-0.39, 0.29) is 23.0 Å². The summed E-state index contributed by atoms with van der Waals surface area (Å²) >= 11 is 0. The Hall–Kier alpha value is -3.17. The fourth-order valence-electron chi connectivity index (χ4n) is 1.22. The lowest BCUT2D eigenvalue weighted by Gasteiger charge is -2.04. The molecule has 2 aromatic heterocycles. The van der Waals surface area contributed by atoms with E-state index in [2.05, 4.69) is 25.5 Å². The summed E-state index contributed by atoms with van der Waals surface area (Å²) in [6.07, 6.45) is 3.63. The van der Waals surface area contributed by atoms with Gasteiger partial charge in [-0.1, -0.05) is 0 Å². The number of nitrogens with zero attached hydrogens (tertiary/aromatic N) is 5. The maximum Gasteiger partial charge on any atom is 0.288 e. The van der Waals surface area contributed by atoms with Crippen LogP contribution in [0.25, 0.3) is 0 Å². The Morgan fingerprint density at radius 2 is 2.16 bits per heavy atom. The van der Waals surface area contributed by atoms with E-state index in [0.29, 0.717) is 0 Å². The summed E-state index contributed by atoms with van der Waals surface area (Å²) in [6.45, 7) is 0. The Balaban J connectivity index is 2.28. The van der Waals surface area contributed by atoms with Crippen molar-refractivity contribution >= 4 is 23.4 Å². The van der Waals surface area contributed by atoms with Crippen molar-refractivity contribution in [1.82, 2.24) is 20.2 Å². The number of nitrogen functional groups attached to an aromatic ring is 1. The predicted octanol–water partition coefficient (Wildman–Crippen LogP) is 0.00930. The van der Waals surface area contributed by atoms with E-state index >= 15 is 0 Å². The van der Waals surface area contributed by atoms with Crippen LogP contribution >= 0.6 is 0 Å². The fraction of sp³-hybridized carbons (Fsp3) is 0. The minimum absolute atomic E-state index is 0.0431. The average Bonchev–Trinajstić information content (AvgIpc) is 2.40. The molecule has 0 unspecified atom stereocenters. The molecule has 10 heteroatoms. The van der Waals surface area contributed by atoms with Crippen molar-refractivity contribution in [2.75, 3.05) is 11.1 Å². The SMILES string of the molecule is Nc1ncc([N+](=O)[O-])cc1C(=O)Nc1nccnn1. The predicted molar refractivity (Wildman–Crippen MR) is 63.1 cm³/mol. The summed E-state index contributed by atoms with van der Waals surface area (Å²) in [5, 5.41) is 20.0. The van der Waals surface area contributed by atoms with Gasteiger partial charge in [0, 0.05) is 6.07 Å². The monoisotopic (exact) mass is 261 g/mol. The van der Waals surface area contributed by atoms with Crippen molar-refractivity contribution in [2.45, 2.75) is 0 Å². The molecule has 3 N–H and O–H groups in total. The van der Waals surface area contributed by atoms with Gasteiger partial charge >= 0.3 is 0 Å². The van der Waals surface area contributed by atoms with Gasteiger partial charge in [-0.3, -0.25) is 20.2 Å². The molecule has 0 bridgehead atoms. The normalized spacial score (nSPS) is 9.89. The second-order valence-corrected chi connectivity index (χ2v) is 3.30. The summed E-state index contributed by atoms with van der Waals surface area (Å²) in [6, 6.07) is 1.02. The number of carbonyl (C=O) groups excluding carboxylic acids is 1. The maximum atomic E-state index is 11.8. The smallest absolute Gasteiger partial charge is 0.288 e. The van der Waals surface area contributed by atoms with Gasteiger partial charge in [-0.15, -0.1) is 5.10 Å². The Morgan fingerprint density at radius 1 is 1.37 bits per heavy atom. The molecule has 2 aromatic rings. The lowest BCUT2D eigenvalue weighted by molar-refractivity contribution is -0.385. The summed E-state index contributed by atoms with van der Waals surface area (Å²) in [4.78, 5) is 29.1. The number of rotatable bonds is 3. The van der Waals surface area contributed by atoms with Crippen LogP contribution in [-0.2, 0) is 0 Å². The van der Waals surface area contributed by atoms with Crippen LogP contribution in [0.1, 0.15) is 10.4 Å².